The lowest BCUT2D eigenvalue weighted by atomic mass is 9.81. The van der Waals surface area contributed by atoms with E-state index in [0.29, 0.717) is 18.8 Å². The van der Waals surface area contributed by atoms with Crippen molar-refractivity contribution < 1.29 is 9.18 Å². The molecule has 74 valence electrons. The van der Waals surface area contributed by atoms with E-state index in [-0.39, 0.29) is 11.9 Å². The van der Waals surface area contributed by atoms with E-state index in [2.05, 4.69) is 12.2 Å². The van der Waals surface area contributed by atoms with Crippen molar-refractivity contribution in [3.05, 3.63) is 0 Å². The van der Waals surface area contributed by atoms with E-state index >= 15 is 0 Å². The number of amides is 1. The van der Waals surface area contributed by atoms with Crippen LogP contribution in [0.2, 0.25) is 0 Å². The molecule has 3 heteroatoms. The van der Waals surface area contributed by atoms with Gasteiger partial charge >= 0.3 is 0 Å². The molecular weight excluding hydrogens is 169 g/mol. The number of nitrogens with one attached hydrogen (secondary N) is 1. The zero-order chi connectivity index (χ0) is 9.47. The molecule has 0 bridgehead atoms. The normalized spacial score (nSPS) is 34.9. The molecule has 2 rings (SSSR count). The number of rotatable bonds is 3. The molecule has 1 amide bonds. The van der Waals surface area contributed by atoms with E-state index in [1.165, 1.54) is 0 Å². The van der Waals surface area contributed by atoms with Gasteiger partial charge in [-0.25, -0.2) is 4.39 Å². The fourth-order valence-corrected chi connectivity index (χ4v) is 1.89. The molecule has 0 aromatic heterocycles. The number of alkyl halides is 1. The number of hydrogen-bond donors (Lipinski definition) is 1. The van der Waals surface area contributed by atoms with Gasteiger partial charge in [0.25, 0.3) is 5.91 Å². The lowest BCUT2D eigenvalue weighted by Gasteiger charge is -2.32. The predicted molar refractivity (Wildman–Crippen MR) is 48.0 cm³/mol. The van der Waals surface area contributed by atoms with Gasteiger partial charge in [0.1, 0.15) is 0 Å². The van der Waals surface area contributed by atoms with E-state index in [0.717, 1.165) is 19.3 Å². The van der Waals surface area contributed by atoms with Crippen LogP contribution in [0.25, 0.3) is 0 Å². The Balaban J connectivity index is 1.79. The molecule has 1 N–H and O–H groups in total. The monoisotopic (exact) mass is 185 g/mol. The van der Waals surface area contributed by atoms with Crippen LogP contribution in [0.1, 0.15) is 39.0 Å². The Morgan fingerprint density at radius 2 is 2.31 bits per heavy atom. The third kappa shape index (κ3) is 1.56. The zero-order valence-corrected chi connectivity index (χ0v) is 7.98. The van der Waals surface area contributed by atoms with Crippen LogP contribution in [-0.4, -0.2) is 17.6 Å². The van der Waals surface area contributed by atoms with Crippen molar-refractivity contribution in [1.82, 2.24) is 5.32 Å². The first-order valence-corrected chi connectivity index (χ1v) is 5.15. The zero-order valence-electron chi connectivity index (χ0n) is 7.98. The van der Waals surface area contributed by atoms with Gasteiger partial charge in [0.05, 0.1) is 0 Å². The third-order valence-corrected chi connectivity index (χ3v) is 3.32. The molecule has 2 saturated carbocycles. The molecule has 2 atom stereocenters. The quantitative estimate of drug-likeness (QED) is 0.713. The van der Waals surface area contributed by atoms with Crippen molar-refractivity contribution in [3.63, 3.8) is 0 Å². The summed E-state index contributed by atoms with van der Waals surface area (Å²) < 4.78 is 13.5. The van der Waals surface area contributed by atoms with Gasteiger partial charge in [0.2, 0.25) is 0 Å². The molecule has 0 aliphatic heterocycles. The van der Waals surface area contributed by atoms with Gasteiger partial charge < -0.3 is 5.32 Å². The maximum atomic E-state index is 13.5. The molecule has 0 aromatic carbocycles. The summed E-state index contributed by atoms with van der Waals surface area (Å²) in [5, 5.41) is 2.78. The largest absolute Gasteiger partial charge is 0.350 e. The highest BCUT2D eigenvalue weighted by molar-refractivity contribution is 5.86. The first kappa shape index (κ1) is 8.97. The molecule has 0 radical (unpaired) electrons. The van der Waals surface area contributed by atoms with Gasteiger partial charge in [0.15, 0.2) is 5.67 Å². The maximum Gasteiger partial charge on any atom is 0.257 e. The van der Waals surface area contributed by atoms with E-state index in [4.69, 9.17) is 0 Å². The Labute approximate surface area is 77.9 Å². The second kappa shape index (κ2) is 2.96. The number of carbonyl (C=O) groups excluding carboxylic acids is 1. The summed E-state index contributed by atoms with van der Waals surface area (Å²) >= 11 is 0. The molecular formula is C10H16FNO. The van der Waals surface area contributed by atoms with Crippen molar-refractivity contribution in [2.45, 2.75) is 50.7 Å². The molecule has 13 heavy (non-hydrogen) atoms. The second-order valence-electron chi connectivity index (χ2n) is 4.30. The average molecular weight is 185 g/mol. The lowest BCUT2D eigenvalue weighted by Crippen LogP contribution is -2.49. The smallest absolute Gasteiger partial charge is 0.257 e. The Kier molecular flexibility index (Phi) is 2.05. The molecule has 0 spiro atoms. The molecule has 0 saturated heterocycles. The molecule has 0 heterocycles. The van der Waals surface area contributed by atoms with Crippen LogP contribution in [0, 0.1) is 5.92 Å². The molecule has 0 aromatic rings. The topological polar surface area (TPSA) is 29.1 Å². The van der Waals surface area contributed by atoms with Crippen molar-refractivity contribution >= 4 is 5.91 Å². The van der Waals surface area contributed by atoms with E-state index in [1.54, 1.807) is 0 Å². The highest BCUT2D eigenvalue weighted by atomic mass is 19.1. The fraction of sp³-hybridized carbons (Fsp3) is 0.900. The van der Waals surface area contributed by atoms with Gasteiger partial charge in [-0.2, -0.15) is 0 Å². The van der Waals surface area contributed by atoms with E-state index < -0.39 is 5.67 Å². The maximum absolute atomic E-state index is 13.5. The highest BCUT2D eigenvalue weighted by Crippen LogP contribution is 2.38. The molecule has 2 fully saturated rings. The van der Waals surface area contributed by atoms with Crippen molar-refractivity contribution in [2.75, 3.05) is 0 Å². The fourth-order valence-electron chi connectivity index (χ4n) is 1.89. The lowest BCUT2D eigenvalue weighted by molar-refractivity contribution is -0.138. The van der Waals surface area contributed by atoms with Crippen LogP contribution >= 0.6 is 0 Å². The number of hydrogen-bond acceptors (Lipinski definition) is 1. The molecule has 2 nitrogen and oxygen atoms in total. The van der Waals surface area contributed by atoms with Crippen LogP contribution < -0.4 is 5.32 Å². The minimum atomic E-state index is -1.51. The van der Waals surface area contributed by atoms with Gasteiger partial charge in [-0.1, -0.05) is 13.3 Å². The third-order valence-electron chi connectivity index (χ3n) is 3.32. The Morgan fingerprint density at radius 3 is 2.69 bits per heavy atom. The van der Waals surface area contributed by atoms with Gasteiger partial charge in [-0.05, 0) is 31.6 Å². The number of halogens is 1. The van der Waals surface area contributed by atoms with Gasteiger partial charge in [0, 0.05) is 6.04 Å². The summed E-state index contributed by atoms with van der Waals surface area (Å²) in [5.41, 5.74) is -1.51. The van der Waals surface area contributed by atoms with Gasteiger partial charge in [-0.3, -0.25) is 4.79 Å². The van der Waals surface area contributed by atoms with Crippen LogP contribution in [0.15, 0.2) is 0 Å². The predicted octanol–water partition coefficient (Wildman–Crippen LogP) is 1.79. The number of carbonyl (C=O) groups is 1. The van der Waals surface area contributed by atoms with Crippen molar-refractivity contribution in [3.8, 4) is 0 Å². The van der Waals surface area contributed by atoms with E-state index in [9.17, 15) is 9.18 Å². The Hall–Kier alpha value is -0.600. The van der Waals surface area contributed by atoms with Gasteiger partial charge in [-0.15, -0.1) is 0 Å². The van der Waals surface area contributed by atoms with Crippen LogP contribution in [-0.2, 0) is 4.79 Å². The summed E-state index contributed by atoms with van der Waals surface area (Å²) in [6.45, 7) is 2.10. The summed E-state index contributed by atoms with van der Waals surface area (Å²) in [4.78, 5) is 11.4. The summed E-state index contributed by atoms with van der Waals surface area (Å²) in [6.07, 6.45) is 3.82. The molecule has 2 aliphatic rings. The van der Waals surface area contributed by atoms with Crippen molar-refractivity contribution in [1.29, 1.82) is 0 Å². The first-order chi connectivity index (χ1) is 6.15. The SMILES string of the molecule is CCC1CC1NC(=O)C1(F)CCC1. The van der Waals surface area contributed by atoms with Crippen LogP contribution in [0.4, 0.5) is 4.39 Å². The summed E-state index contributed by atoms with van der Waals surface area (Å²) in [6, 6.07) is 0.269. The average Bonchev–Trinajstić information content (AvgIpc) is 2.79. The molecule has 2 aliphatic carbocycles. The standard InChI is InChI=1S/C10H16FNO/c1-2-7-6-8(7)12-9(13)10(11)4-3-5-10/h7-8H,2-6H2,1H3,(H,12,13). The second-order valence-corrected chi connectivity index (χ2v) is 4.30. The highest BCUT2D eigenvalue weighted by Gasteiger charge is 2.47. The minimum Gasteiger partial charge on any atom is -0.350 e. The van der Waals surface area contributed by atoms with Crippen LogP contribution in [0.3, 0.4) is 0 Å². The Bertz CT molecular complexity index is 225. The first-order valence-electron chi connectivity index (χ1n) is 5.15. The van der Waals surface area contributed by atoms with Crippen LogP contribution in [0.5, 0.6) is 0 Å². The summed E-state index contributed by atoms with van der Waals surface area (Å²) in [5.74, 6) is 0.243. The summed E-state index contributed by atoms with van der Waals surface area (Å²) in [7, 11) is 0. The van der Waals surface area contributed by atoms with E-state index in [1.807, 2.05) is 0 Å². The molecule has 2 unspecified atom stereocenters. The van der Waals surface area contributed by atoms with Crippen molar-refractivity contribution in [2.24, 2.45) is 5.92 Å². The minimum absolute atomic E-state index is 0.269. The Morgan fingerprint density at radius 1 is 1.62 bits per heavy atom.